The van der Waals surface area contributed by atoms with E-state index in [0.29, 0.717) is 19.6 Å². The molecule has 6 nitrogen and oxygen atoms in total. The van der Waals surface area contributed by atoms with Crippen LogP contribution in [0.2, 0.25) is 0 Å². The van der Waals surface area contributed by atoms with Crippen molar-refractivity contribution in [2.45, 2.75) is 26.0 Å². The quantitative estimate of drug-likeness (QED) is 0.918. The van der Waals surface area contributed by atoms with Crippen molar-refractivity contribution in [2.24, 2.45) is 0 Å². The number of β-amino-alcohol motifs (C(OH)–C–C–N with tert-alkyl or cyclic N) is 1. The molecule has 3 rings (SSSR count). The summed E-state index contributed by atoms with van der Waals surface area (Å²) in [6.45, 7) is 7.44. The summed E-state index contributed by atoms with van der Waals surface area (Å²) < 4.78 is 1.94. The van der Waals surface area contributed by atoms with Crippen LogP contribution in [-0.4, -0.2) is 69.2 Å². The predicted molar refractivity (Wildman–Crippen MR) is 89.1 cm³/mol. The van der Waals surface area contributed by atoms with E-state index in [9.17, 15) is 9.90 Å². The maximum absolute atomic E-state index is 12.8. The molecule has 2 unspecified atom stereocenters. The maximum atomic E-state index is 12.8. The molecule has 1 aromatic heterocycles. The Balaban J connectivity index is 1.66. The van der Waals surface area contributed by atoms with Crippen molar-refractivity contribution < 1.29 is 9.90 Å². The summed E-state index contributed by atoms with van der Waals surface area (Å²) in [6, 6.07) is 7.61. The molecule has 2 atom stereocenters. The first kappa shape index (κ1) is 16.0. The molecule has 6 heteroatoms. The molecular weight excluding hydrogens is 292 g/mol. The second kappa shape index (κ2) is 6.68. The lowest BCUT2D eigenvalue weighted by molar-refractivity contribution is -0.136. The molecule has 1 aliphatic rings. The number of rotatable bonds is 4. The van der Waals surface area contributed by atoms with E-state index < -0.39 is 0 Å². The van der Waals surface area contributed by atoms with Crippen molar-refractivity contribution in [1.29, 1.82) is 0 Å². The van der Waals surface area contributed by atoms with Crippen LogP contribution in [-0.2, 0) is 4.79 Å². The fourth-order valence-corrected chi connectivity index (χ4v) is 3.19. The maximum Gasteiger partial charge on any atom is 0.245 e. The Morgan fingerprint density at radius 3 is 2.61 bits per heavy atom. The minimum absolute atomic E-state index is 0.129. The second-order valence-electron chi connectivity index (χ2n) is 6.29. The van der Waals surface area contributed by atoms with Crippen LogP contribution in [0.15, 0.2) is 30.6 Å². The summed E-state index contributed by atoms with van der Waals surface area (Å²) in [4.78, 5) is 21.3. The number of piperazine rings is 1. The summed E-state index contributed by atoms with van der Waals surface area (Å²) >= 11 is 0. The van der Waals surface area contributed by atoms with Crippen LogP contribution < -0.4 is 0 Å². The van der Waals surface area contributed by atoms with Gasteiger partial charge in [-0.3, -0.25) is 9.69 Å². The number of imidazole rings is 1. The highest BCUT2D eigenvalue weighted by Gasteiger charge is 2.26. The molecule has 2 aromatic rings. The number of carbonyl (C=O) groups is 1. The van der Waals surface area contributed by atoms with Gasteiger partial charge >= 0.3 is 0 Å². The summed E-state index contributed by atoms with van der Waals surface area (Å²) in [5.74, 6) is 0.129. The average Bonchev–Trinajstić information content (AvgIpc) is 2.97. The van der Waals surface area contributed by atoms with E-state index in [0.717, 1.165) is 24.1 Å². The van der Waals surface area contributed by atoms with Crippen molar-refractivity contribution in [2.75, 3.05) is 32.7 Å². The topological polar surface area (TPSA) is 61.6 Å². The Kier molecular flexibility index (Phi) is 4.63. The van der Waals surface area contributed by atoms with Crippen LogP contribution in [0, 0.1) is 0 Å². The minimum Gasteiger partial charge on any atom is -0.392 e. The highest BCUT2D eigenvalue weighted by atomic mass is 16.3. The van der Waals surface area contributed by atoms with Gasteiger partial charge in [-0.25, -0.2) is 4.98 Å². The lowest BCUT2D eigenvalue weighted by Gasteiger charge is -2.36. The van der Waals surface area contributed by atoms with Gasteiger partial charge in [-0.1, -0.05) is 12.1 Å². The normalized spacial score (nSPS) is 19.0. The molecule has 1 amide bonds. The van der Waals surface area contributed by atoms with Crippen LogP contribution in [0.25, 0.3) is 11.0 Å². The van der Waals surface area contributed by atoms with Crippen molar-refractivity contribution in [3.8, 4) is 0 Å². The second-order valence-corrected chi connectivity index (χ2v) is 6.29. The number of fused-ring (bicyclic) bond motifs is 1. The Morgan fingerprint density at radius 2 is 1.91 bits per heavy atom. The van der Waals surface area contributed by atoms with Gasteiger partial charge in [0.2, 0.25) is 5.91 Å². The Bertz CT molecular complexity index is 674. The summed E-state index contributed by atoms with van der Waals surface area (Å²) in [5, 5.41) is 9.46. The summed E-state index contributed by atoms with van der Waals surface area (Å²) in [5.41, 5.74) is 1.90. The molecule has 1 saturated heterocycles. The third kappa shape index (κ3) is 3.38. The number of amides is 1. The zero-order valence-electron chi connectivity index (χ0n) is 13.7. The van der Waals surface area contributed by atoms with Gasteiger partial charge in [-0.2, -0.15) is 0 Å². The van der Waals surface area contributed by atoms with Gasteiger partial charge in [0.1, 0.15) is 6.04 Å². The van der Waals surface area contributed by atoms with Gasteiger partial charge in [-0.05, 0) is 26.0 Å². The Labute approximate surface area is 136 Å². The van der Waals surface area contributed by atoms with Crippen molar-refractivity contribution in [3.05, 3.63) is 30.6 Å². The van der Waals surface area contributed by atoms with Gasteiger partial charge in [0, 0.05) is 32.7 Å². The van der Waals surface area contributed by atoms with Gasteiger partial charge in [-0.15, -0.1) is 0 Å². The molecule has 1 aliphatic heterocycles. The van der Waals surface area contributed by atoms with Crippen LogP contribution in [0.3, 0.4) is 0 Å². The van der Waals surface area contributed by atoms with Gasteiger partial charge in [0.05, 0.1) is 23.5 Å². The molecule has 0 radical (unpaired) electrons. The fourth-order valence-electron chi connectivity index (χ4n) is 3.19. The van der Waals surface area contributed by atoms with Crippen molar-refractivity contribution in [3.63, 3.8) is 0 Å². The minimum atomic E-state index is -0.325. The smallest absolute Gasteiger partial charge is 0.245 e. The molecular formula is C17H24N4O2. The molecule has 1 fully saturated rings. The van der Waals surface area contributed by atoms with Crippen LogP contribution in [0.4, 0.5) is 0 Å². The molecule has 0 bridgehead atoms. The number of hydrogen-bond acceptors (Lipinski definition) is 4. The van der Waals surface area contributed by atoms with Gasteiger partial charge in [0.15, 0.2) is 0 Å². The van der Waals surface area contributed by atoms with Crippen LogP contribution in [0.1, 0.15) is 19.9 Å². The Hall–Kier alpha value is -1.92. The summed E-state index contributed by atoms with van der Waals surface area (Å²) in [7, 11) is 0. The van der Waals surface area contributed by atoms with Crippen LogP contribution >= 0.6 is 0 Å². The van der Waals surface area contributed by atoms with E-state index in [4.69, 9.17) is 0 Å². The predicted octanol–water partition coefficient (Wildman–Crippen LogP) is 1.12. The SMILES string of the molecule is CC(O)CN1CCN(C(=O)C(C)n2cnc3ccccc32)CC1. The van der Waals surface area contributed by atoms with Crippen molar-refractivity contribution in [1.82, 2.24) is 19.4 Å². The number of nitrogens with zero attached hydrogens (tertiary/aromatic N) is 4. The first-order valence-corrected chi connectivity index (χ1v) is 8.17. The molecule has 0 aliphatic carbocycles. The number of carbonyl (C=O) groups excluding carboxylic acids is 1. The van der Waals surface area contributed by atoms with Crippen molar-refractivity contribution >= 4 is 16.9 Å². The third-order valence-electron chi connectivity index (χ3n) is 4.46. The van der Waals surface area contributed by atoms with E-state index in [2.05, 4.69) is 9.88 Å². The lowest BCUT2D eigenvalue weighted by Crippen LogP contribution is -2.51. The van der Waals surface area contributed by atoms with Gasteiger partial charge in [0.25, 0.3) is 0 Å². The number of aromatic nitrogens is 2. The number of para-hydroxylation sites is 2. The number of aliphatic hydroxyl groups excluding tert-OH is 1. The fraction of sp³-hybridized carbons (Fsp3) is 0.529. The molecule has 1 N–H and O–H groups in total. The largest absolute Gasteiger partial charge is 0.392 e. The van der Waals surface area contributed by atoms with E-state index in [-0.39, 0.29) is 18.1 Å². The molecule has 1 aromatic carbocycles. The van der Waals surface area contributed by atoms with Crippen LogP contribution in [0.5, 0.6) is 0 Å². The van der Waals surface area contributed by atoms with Gasteiger partial charge < -0.3 is 14.6 Å². The number of hydrogen-bond donors (Lipinski definition) is 1. The first-order chi connectivity index (χ1) is 11.1. The van der Waals surface area contributed by atoms with E-state index >= 15 is 0 Å². The molecule has 124 valence electrons. The molecule has 23 heavy (non-hydrogen) atoms. The number of aliphatic hydroxyl groups is 1. The average molecular weight is 316 g/mol. The van der Waals surface area contributed by atoms with E-state index in [1.165, 1.54) is 0 Å². The molecule has 2 heterocycles. The molecule has 0 spiro atoms. The van der Waals surface area contributed by atoms with E-state index in [1.807, 2.05) is 40.7 Å². The zero-order valence-corrected chi connectivity index (χ0v) is 13.7. The standard InChI is InChI=1S/C17H24N4O2/c1-13(22)11-19-7-9-20(10-8-19)17(23)14(2)21-12-18-15-5-3-4-6-16(15)21/h3-6,12-14,22H,7-11H2,1-2H3. The third-order valence-corrected chi connectivity index (χ3v) is 4.46. The highest BCUT2D eigenvalue weighted by molar-refractivity contribution is 5.83. The monoisotopic (exact) mass is 316 g/mol. The lowest BCUT2D eigenvalue weighted by atomic mass is 10.2. The first-order valence-electron chi connectivity index (χ1n) is 8.17. The zero-order chi connectivity index (χ0) is 16.4. The highest BCUT2D eigenvalue weighted by Crippen LogP contribution is 2.19. The number of benzene rings is 1. The summed E-state index contributed by atoms with van der Waals surface area (Å²) in [6.07, 6.45) is 1.42. The Morgan fingerprint density at radius 1 is 1.22 bits per heavy atom. The van der Waals surface area contributed by atoms with E-state index in [1.54, 1.807) is 13.3 Å². The molecule has 0 saturated carbocycles.